The van der Waals surface area contributed by atoms with Crippen LogP contribution in [0.4, 0.5) is 5.69 Å². The van der Waals surface area contributed by atoms with E-state index in [1.807, 2.05) is 13.0 Å². The third kappa shape index (κ3) is 3.87. The van der Waals surface area contributed by atoms with E-state index in [0.29, 0.717) is 23.0 Å². The van der Waals surface area contributed by atoms with Crippen molar-refractivity contribution in [3.63, 3.8) is 0 Å². The lowest BCUT2D eigenvalue weighted by Crippen LogP contribution is -2.25. The first-order chi connectivity index (χ1) is 14.6. The van der Waals surface area contributed by atoms with Crippen LogP contribution in [-0.2, 0) is 11.2 Å². The lowest BCUT2D eigenvalue weighted by molar-refractivity contribution is -0.118. The zero-order valence-corrected chi connectivity index (χ0v) is 18.0. The first kappa shape index (κ1) is 19.3. The summed E-state index contributed by atoms with van der Waals surface area (Å²) in [6.07, 6.45) is 3.00. The predicted octanol–water partition coefficient (Wildman–Crippen LogP) is 3.96. The van der Waals surface area contributed by atoms with Gasteiger partial charge in [-0.1, -0.05) is 17.8 Å². The molecule has 1 amide bonds. The molecule has 3 heterocycles. The summed E-state index contributed by atoms with van der Waals surface area (Å²) in [6, 6.07) is 9.72. The molecule has 1 aromatic carbocycles. The SMILES string of the molecule is CC(Sc1nnc(Cc2cccs2)n1C1CC1)C(=O)c1ccc2c(c1)NC(=O)CO2. The van der Waals surface area contributed by atoms with Crippen LogP contribution < -0.4 is 10.1 Å². The molecule has 3 aromatic rings. The van der Waals surface area contributed by atoms with Crippen LogP contribution in [0.15, 0.2) is 40.9 Å². The first-order valence-corrected chi connectivity index (χ1v) is 11.6. The summed E-state index contributed by atoms with van der Waals surface area (Å²) in [7, 11) is 0. The fraction of sp³-hybridized carbons (Fsp3) is 0.333. The minimum absolute atomic E-state index is 0.00280. The summed E-state index contributed by atoms with van der Waals surface area (Å²) in [5.41, 5.74) is 1.07. The molecule has 1 saturated carbocycles. The summed E-state index contributed by atoms with van der Waals surface area (Å²) >= 11 is 3.15. The van der Waals surface area contributed by atoms with E-state index >= 15 is 0 Å². The molecule has 1 N–H and O–H groups in total. The second kappa shape index (κ2) is 7.88. The Balaban J connectivity index is 1.34. The molecule has 30 heavy (non-hydrogen) atoms. The van der Waals surface area contributed by atoms with Crippen LogP contribution in [0.2, 0.25) is 0 Å². The third-order valence-corrected chi connectivity index (χ3v) is 7.04. The number of hydrogen-bond acceptors (Lipinski definition) is 7. The highest BCUT2D eigenvalue weighted by Crippen LogP contribution is 2.40. The smallest absolute Gasteiger partial charge is 0.262 e. The molecular weight excluding hydrogens is 420 g/mol. The maximum Gasteiger partial charge on any atom is 0.262 e. The Morgan fingerprint density at radius 2 is 2.23 bits per heavy atom. The maximum atomic E-state index is 13.0. The number of amides is 1. The van der Waals surface area contributed by atoms with Gasteiger partial charge in [0.2, 0.25) is 0 Å². The van der Waals surface area contributed by atoms with Crippen molar-refractivity contribution in [1.82, 2.24) is 14.8 Å². The fourth-order valence-electron chi connectivity index (χ4n) is 3.46. The molecule has 0 bridgehead atoms. The Bertz CT molecular complexity index is 1110. The molecule has 1 unspecified atom stereocenters. The summed E-state index contributed by atoms with van der Waals surface area (Å²) in [4.78, 5) is 25.9. The van der Waals surface area contributed by atoms with Crippen LogP contribution >= 0.6 is 23.1 Å². The van der Waals surface area contributed by atoms with E-state index in [9.17, 15) is 9.59 Å². The number of carbonyl (C=O) groups is 2. The largest absolute Gasteiger partial charge is 0.482 e. The lowest BCUT2D eigenvalue weighted by atomic mass is 10.1. The van der Waals surface area contributed by atoms with Gasteiger partial charge in [-0.2, -0.15) is 0 Å². The molecule has 0 spiro atoms. The van der Waals surface area contributed by atoms with Crippen molar-refractivity contribution < 1.29 is 14.3 Å². The summed E-state index contributed by atoms with van der Waals surface area (Å²) < 4.78 is 7.58. The van der Waals surface area contributed by atoms with Crippen LogP contribution in [0.3, 0.4) is 0 Å². The maximum absolute atomic E-state index is 13.0. The summed E-state index contributed by atoms with van der Waals surface area (Å²) in [6.45, 7) is 1.88. The number of anilines is 1. The number of Topliss-reactive ketones (excluding diaryl/α,β-unsaturated/α-hetero) is 1. The molecule has 2 aliphatic rings. The molecule has 5 rings (SSSR count). The second-order valence-electron chi connectivity index (χ2n) is 7.43. The third-order valence-electron chi connectivity index (χ3n) is 5.11. The zero-order valence-electron chi connectivity index (χ0n) is 16.3. The van der Waals surface area contributed by atoms with Gasteiger partial charge in [-0.3, -0.25) is 9.59 Å². The van der Waals surface area contributed by atoms with Gasteiger partial charge in [-0.15, -0.1) is 21.5 Å². The molecule has 9 heteroatoms. The fourth-order valence-corrected chi connectivity index (χ4v) is 5.18. The van der Waals surface area contributed by atoms with Gasteiger partial charge in [0.05, 0.1) is 10.9 Å². The molecule has 1 atom stereocenters. The van der Waals surface area contributed by atoms with E-state index < -0.39 is 0 Å². The number of ketones is 1. The number of aromatic nitrogens is 3. The number of nitrogens with one attached hydrogen (secondary N) is 1. The van der Waals surface area contributed by atoms with Gasteiger partial charge in [0.15, 0.2) is 17.5 Å². The molecule has 0 saturated heterocycles. The normalized spacial score (nSPS) is 16.5. The van der Waals surface area contributed by atoms with Crippen molar-refractivity contribution in [3.05, 3.63) is 52.0 Å². The van der Waals surface area contributed by atoms with Crippen LogP contribution in [0.5, 0.6) is 5.75 Å². The van der Waals surface area contributed by atoms with Crippen LogP contribution in [0.1, 0.15) is 46.9 Å². The van der Waals surface area contributed by atoms with Crippen molar-refractivity contribution in [2.45, 2.75) is 42.6 Å². The van der Waals surface area contributed by atoms with Gasteiger partial charge in [-0.25, -0.2) is 0 Å². The highest BCUT2D eigenvalue weighted by Gasteiger charge is 2.31. The molecular formula is C21H20N4O3S2. The van der Waals surface area contributed by atoms with Crippen molar-refractivity contribution in [3.8, 4) is 5.75 Å². The Labute approximate surface area is 181 Å². The second-order valence-corrected chi connectivity index (χ2v) is 9.77. The zero-order chi connectivity index (χ0) is 20.7. The molecule has 2 aromatic heterocycles. The van der Waals surface area contributed by atoms with Gasteiger partial charge in [-0.05, 0) is 49.4 Å². The molecule has 154 valence electrons. The van der Waals surface area contributed by atoms with Gasteiger partial charge in [0, 0.05) is 22.9 Å². The molecule has 7 nitrogen and oxygen atoms in total. The monoisotopic (exact) mass is 440 g/mol. The Morgan fingerprint density at radius 3 is 3.00 bits per heavy atom. The van der Waals surface area contributed by atoms with Gasteiger partial charge in [0.1, 0.15) is 11.6 Å². The number of thiophene rings is 1. The minimum Gasteiger partial charge on any atom is -0.482 e. The highest BCUT2D eigenvalue weighted by atomic mass is 32.2. The number of rotatable bonds is 7. The number of hydrogen-bond donors (Lipinski definition) is 1. The average Bonchev–Trinajstić information content (AvgIpc) is 3.30. The number of fused-ring (bicyclic) bond motifs is 1. The Kier molecular flexibility index (Phi) is 5.08. The summed E-state index contributed by atoms with van der Waals surface area (Å²) in [5.74, 6) is 1.30. The van der Waals surface area contributed by atoms with Gasteiger partial charge >= 0.3 is 0 Å². The molecule has 1 aliphatic heterocycles. The number of nitrogens with zero attached hydrogens (tertiary/aromatic N) is 3. The average molecular weight is 441 g/mol. The van der Waals surface area contributed by atoms with Gasteiger partial charge < -0.3 is 14.6 Å². The van der Waals surface area contributed by atoms with Crippen molar-refractivity contribution in [2.75, 3.05) is 11.9 Å². The van der Waals surface area contributed by atoms with Crippen molar-refractivity contribution in [1.29, 1.82) is 0 Å². The minimum atomic E-state index is -0.334. The molecule has 0 radical (unpaired) electrons. The van der Waals surface area contributed by atoms with Crippen LogP contribution in [-0.4, -0.2) is 38.3 Å². The quantitative estimate of drug-likeness (QED) is 0.442. The van der Waals surface area contributed by atoms with Crippen molar-refractivity contribution in [2.24, 2.45) is 0 Å². The van der Waals surface area contributed by atoms with Crippen molar-refractivity contribution >= 4 is 40.5 Å². The van der Waals surface area contributed by atoms with E-state index in [4.69, 9.17) is 4.74 Å². The topological polar surface area (TPSA) is 86.1 Å². The standard InChI is InChI=1S/C21H20N4O3S2/c1-12(20(27)13-4-7-17-16(9-13)22-19(26)11-28-17)30-21-24-23-18(25(21)14-5-6-14)10-15-3-2-8-29-15/h2-4,7-9,12,14H,5-6,10-11H2,1H3,(H,22,26). The van der Waals surface area contributed by atoms with Crippen LogP contribution in [0, 0.1) is 0 Å². The Morgan fingerprint density at radius 1 is 1.37 bits per heavy atom. The predicted molar refractivity (Wildman–Crippen MR) is 116 cm³/mol. The number of benzene rings is 1. The summed E-state index contributed by atoms with van der Waals surface area (Å²) in [5, 5.41) is 14.1. The highest BCUT2D eigenvalue weighted by molar-refractivity contribution is 8.00. The Hall–Kier alpha value is -2.65. The lowest BCUT2D eigenvalue weighted by Gasteiger charge is -2.19. The number of carbonyl (C=O) groups excluding carboxylic acids is 2. The van der Waals surface area contributed by atoms with Gasteiger partial charge in [0.25, 0.3) is 5.91 Å². The number of thioether (sulfide) groups is 1. The van der Waals surface area contributed by atoms with Crippen LogP contribution in [0.25, 0.3) is 0 Å². The number of ether oxygens (including phenoxy) is 1. The first-order valence-electron chi connectivity index (χ1n) is 9.82. The molecule has 1 aliphatic carbocycles. The van der Waals surface area contributed by atoms with E-state index in [2.05, 4.69) is 31.5 Å². The molecule has 1 fully saturated rings. The van der Waals surface area contributed by atoms with E-state index in [-0.39, 0.29) is 23.5 Å². The van der Waals surface area contributed by atoms with E-state index in [1.165, 1.54) is 16.6 Å². The van der Waals surface area contributed by atoms with E-state index in [0.717, 1.165) is 30.2 Å². The van der Waals surface area contributed by atoms with E-state index in [1.54, 1.807) is 29.5 Å².